The van der Waals surface area contributed by atoms with Crippen LogP contribution >= 0.6 is 23.2 Å². The van der Waals surface area contributed by atoms with E-state index in [2.05, 4.69) is 19.9 Å². The van der Waals surface area contributed by atoms with Gasteiger partial charge in [0.25, 0.3) is 0 Å². The van der Waals surface area contributed by atoms with Crippen LogP contribution in [0.1, 0.15) is 5.69 Å². The van der Waals surface area contributed by atoms with Crippen LogP contribution in [-0.2, 0) is 0 Å². The fraction of sp³-hybridized carbons (Fsp3) is 0. The normalized spacial score (nSPS) is 9.78. The van der Waals surface area contributed by atoms with E-state index in [1.165, 1.54) is 6.07 Å². The summed E-state index contributed by atoms with van der Waals surface area (Å²) in [6, 6.07) is 8.22. The van der Waals surface area contributed by atoms with Crippen LogP contribution in [0.15, 0.2) is 24.3 Å². The lowest BCUT2D eigenvalue weighted by Crippen LogP contribution is -2.01. The van der Waals surface area contributed by atoms with E-state index in [9.17, 15) is 0 Å². The summed E-state index contributed by atoms with van der Waals surface area (Å²) >= 11 is 11.2. The highest BCUT2D eigenvalue weighted by Crippen LogP contribution is 2.18. The number of rotatable bonds is 0. The van der Waals surface area contributed by atoms with Crippen molar-refractivity contribution in [2.75, 3.05) is 17.2 Å². The van der Waals surface area contributed by atoms with Gasteiger partial charge in [-0.25, -0.2) is 15.0 Å². The summed E-state index contributed by atoms with van der Waals surface area (Å²) in [5, 5.41) is 9.03. The first-order valence-electron chi connectivity index (χ1n) is 6.08. The first kappa shape index (κ1) is 16.5. The average Bonchev–Trinajstić information content (AvgIpc) is 2.51. The zero-order valence-corrected chi connectivity index (χ0v) is 13.0. The third kappa shape index (κ3) is 4.06. The molecule has 3 aromatic heterocycles. The maximum absolute atomic E-state index is 8.39. The first-order valence-corrected chi connectivity index (χ1v) is 6.83. The van der Waals surface area contributed by atoms with Gasteiger partial charge in [0.15, 0.2) is 11.5 Å². The molecule has 3 aromatic rings. The number of anilines is 3. The number of fused-ring (bicyclic) bond motifs is 1. The largest absolute Gasteiger partial charge is 0.396 e. The number of pyridine rings is 2. The van der Waals surface area contributed by atoms with Crippen LogP contribution < -0.4 is 17.2 Å². The summed E-state index contributed by atoms with van der Waals surface area (Å²) < 4.78 is 0. The molecule has 0 saturated carbocycles. The van der Waals surface area contributed by atoms with Gasteiger partial charge in [-0.3, -0.25) is 0 Å². The Balaban J connectivity index is 0.000000174. The molecule has 0 saturated heterocycles. The fourth-order valence-corrected chi connectivity index (χ4v) is 1.86. The summed E-state index contributed by atoms with van der Waals surface area (Å²) in [5.41, 5.74) is 17.9. The molecule has 0 aromatic carbocycles. The molecule has 0 amide bonds. The first-order chi connectivity index (χ1) is 10.9. The Morgan fingerprint density at radius 1 is 0.870 bits per heavy atom. The zero-order chi connectivity index (χ0) is 17.0. The molecule has 0 unspecified atom stereocenters. The highest BCUT2D eigenvalue weighted by Gasteiger charge is 2.04. The van der Waals surface area contributed by atoms with Crippen molar-refractivity contribution < 1.29 is 0 Å². The molecule has 0 spiro atoms. The van der Waals surface area contributed by atoms with E-state index in [-0.39, 0.29) is 22.6 Å². The highest BCUT2D eigenvalue weighted by molar-refractivity contribution is 6.30. The lowest BCUT2D eigenvalue weighted by molar-refractivity contribution is 1.22. The molecule has 0 bridgehead atoms. The van der Waals surface area contributed by atoms with Gasteiger partial charge in [-0.05, 0) is 24.3 Å². The number of nitrogens with two attached hydrogens (primary N) is 3. The molecular weight excluding hydrogens is 339 g/mol. The molecule has 3 rings (SSSR count). The van der Waals surface area contributed by atoms with Crippen molar-refractivity contribution in [1.82, 2.24) is 19.9 Å². The van der Waals surface area contributed by atoms with E-state index < -0.39 is 0 Å². The number of hydrogen-bond acceptors (Lipinski definition) is 8. The van der Waals surface area contributed by atoms with Gasteiger partial charge in [0, 0.05) is 0 Å². The highest BCUT2D eigenvalue weighted by atomic mass is 35.5. The van der Waals surface area contributed by atoms with Crippen molar-refractivity contribution in [1.29, 1.82) is 5.26 Å². The molecule has 8 nitrogen and oxygen atoms in total. The summed E-state index contributed by atoms with van der Waals surface area (Å²) in [4.78, 5) is 15.4. The van der Waals surface area contributed by atoms with E-state index >= 15 is 0 Å². The molecular formula is C13H10Cl2N8. The van der Waals surface area contributed by atoms with E-state index in [0.717, 1.165) is 0 Å². The van der Waals surface area contributed by atoms with Crippen LogP contribution in [0.2, 0.25) is 10.3 Å². The number of nitrogen functional groups attached to an aromatic ring is 3. The quantitative estimate of drug-likeness (QED) is 0.521. The molecule has 0 aliphatic rings. The van der Waals surface area contributed by atoms with Gasteiger partial charge in [-0.1, -0.05) is 23.2 Å². The Labute approximate surface area is 140 Å². The molecule has 0 fully saturated rings. The van der Waals surface area contributed by atoms with Gasteiger partial charge in [0.05, 0.1) is 11.2 Å². The maximum atomic E-state index is 8.39. The van der Waals surface area contributed by atoms with Crippen LogP contribution in [-0.4, -0.2) is 19.9 Å². The monoisotopic (exact) mass is 348 g/mol. The van der Waals surface area contributed by atoms with Crippen LogP contribution in [0.25, 0.3) is 11.0 Å². The van der Waals surface area contributed by atoms with E-state index in [1.54, 1.807) is 18.2 Å². The Morgan fingerprint density at radius 3 is 2.17 bits per heavy atom. The van der Waals surface area contributed by atoms with E-state index in [1.807, 2.05) is 6.07 Å². The summed E-state index contributed by atoms with van der Waals surface area (Å²) in [6.07, 6.45) is 0. The topological polar surface area (TPSA) is 153 Å². The molecule has 6 N–H and O–H groups in total. The lowest BCUT2D eigenvalue weighted by atomic mass is 10.3. The van der Waals surface area contributed by atoms with E-state index in [4.69, 9.17) is 45.7 Å². The molecule has 0 aliphatic carbocycles. The van der Waals surface area contributed by atoms with Crippen LogP contribution in [0.5, 0.6) is 0 Å². The average molecular weight is 349 g/mol. The lowest BCUT2D eigenvalue weighted by Gasteiger charge is -2.00. The summed E-state index contributed by atoms with van der Waals surface area (Å²) in [5.74, 6) is 0.374. The third-order valence-electron chi connectivity index (χ3n) is 2.55. The third-order valence-corrected chi connectivity index (χ3v) is 2.97. The fourth-order valence-electron chi connectivity index (χ4n) is 1.57. The van der Waals surface area contributed by atoms with Gasteiger partial charge in [0.1, 0.15) is 21.9 Å². The Hall–Kier alpha value is -2.89. The Bertz CT molecular complexity index is 906. The number of aromatic nitrogens is 4. The standard InChI is InChI=1S/C7H6ClN5.C6H4ClN3/c8-4-2-1-3-5(12-4)6(9)13-7(10)11-3;7-6-2-1-4(9)5(3-8)10-6/h1-2H,(H4,9,10,11,13);1-2H,9H2. The molecule has 10 heteroatoms. The second kappa shape index (κ2) is 6.91. The van der Waals surface area contributed by atoms with Crippen molar-refractivity contribution in [2.45, 2.75) is 0 Å². The summed E-state index contributed by atoms with van der Waals surface area (Å²) in [6.45, 7) is 0. The summed E-state index contributed by atoms with van der Waals surface area (Å²) in [7, 11) is 0. The van der Waals surface area contributed by atoms with Crippen molar-refractivity contribution in [3.63, 3.8) is 0 Å². The number of nitriles is 1. The number of halogens is 2. The molecule has 3 heterocycles. The Kier molecular flexibility index (Phi) is 4.95. The predicted molar refractivity (Wildman–Crippen MR) is 89.5 cm³/mol. The Morgan fingerprint density at radius 2 is 1.52 bits per heavy atom. The van der Waals surface area contributed by atoms with Crippen molar-refractivity contribution in [2.24, 2.45) is 0 Å². The smallest absolute Gasteiger partial charge is 0.222 e. The molecule has 0 aliphatic heterocycles. The van der Waals surface area contributed by atoms with E-state index in [0.29, 0.717) is 21.9 Å². The molecule has 116 valence electrons. The minimum atomic E-state index is 0.133. The second-order valence-corrected chi connectivity index (χ2v) is 4.93. The minimum Gasteiger partial charge on any atom is -0.396 e. The van der Waals surface area contributed by atoms with Gasteiger partial charge < -0.3 is 17.2 Å². The van der Waals surface area contributed by atoms with Gasteiger partial charge in [-0.15, -0.1) is 0 Å². The van der Waals surface area contributed by atoms with Crippen LogP contribution in [0.4, 0.5) is 17.5 Å². The number of hydrogen-bond donors (Lipinski definition) is 3. The van der Waals surface area contributed by atoms with Gasteiger partial charge in [0.2, 0.25) is 5.95 Å². The number of nitrogens with zero attached hydrogens (tertiary/aromatic N) is 5. The SMILES string of the molecule is N#Cc1nc(Cl)ccc1N.Nc1nc(N)c2nc(Cl)ccc2n1. The predicted octanol–water partition coefficient (Wildman–Crippen LogP) is 2.03. The minimum absolute atomic E-state index is 0.133. The van der Waals surface area contributed by atoms with Crippen LogP contribution in [0.3, 0.4) is 0 Å². The van der Waals surface area contributed by atoms with Gasteiger partial charge >= 0.3 is 0 Å². The molecule has 23 heavy (non-hydrogen) atoms. The van der Waals surface area contributed by atoms with Crippen molar-refractivity contribution in [3.05, 3.63) is 40.3 Å². The maximum Gasteiger partial charge on any atom is 0.222 e. The van der Waals surface area contributed by atoms with Crippen molar-refractivity contribution in [3.8, 4) is 6.07 Å². The second-order valence-electron chi connectivity index (χ2n) is 4.15. The van der Waals surface area contributed by atoms with Crippen molar-refractivity contribution >= 4 is 51.7 Å². The van der Waals surface area contributed by atoms with Gasteiger partial charge in [-0.2, -0.15) is 10.2 Å². The van der Waals surface area contributed by atoms with Crippen LogP contribution in [0, 0.1) is 11.3 Å². The molecule has 0 atom stereocenters. The molecule has 0 radical (unpaired) electrons. The zero-order valence-electron chi connectivity index (χ0n) is 11.5.